The van der Waals surface area contributed by atoms with Gasteiger partial charge in [0.05, 0.1) is 12.0 Å². The first kappa shape index (κ1) is 18.2. The maximum atomic E-state index is 13.3. The Balaban J connectivity index is 1.71. The van der Waals surface area contributed by atoms with Gasteiger partial charge in [-0.15, -0.1) is 0 Å². The van der Waals surface area contributed by atoms with Crippen LogP contribution in [0.5, 0.6) is 0 Å². The van der Waals surface area contributed by atoms with Crippen LogP contribution in [-0.4, -0.2) is 26.7 Å². The van der Waals surface area contributed by atoms with Gasteiger partial charge in [0.2, 0.25) is 11.9 Å². The molecule has 0 saturated carbocycles. The number of fused-ring (bicyclic) bond motifs is 1. The number of aromatic nitrogens is 3. The predicted octanol–water partition coefficient (Wildman–Crippen LogP) is 4.06. The van der Waals surface area contributed by atoms with E-state index in [1.54, 1.807) is 0 Å². The van der Waals surface area contributed by atoms with Crippen molar-refractivity contribution in [1.82, 2.24) is 14.8 Å². The van der Waals surface area contributed by atoms with Crippen molar-refractivity contribution in [2.75, 3.05) is 10.6 Å². The molecule has 2 N–H and O–H groups in total. The van der Waals surface area contributed by atoms with Gasteiger partial charge in [-0.2, -0.15) is 10.1 Å². The maximum absolute atomic E-state index is 13.3. The Morgan fingerprint density at radius 1 is 1.11 bits per heavy atom. The second kappa shape index (κ2) is 7.46. The quantitative estimate of drug-likeness (QED) is 0.721. The van der Waals surface area contributed by atoms with Crippen molar-refractivity contribution in [3.63, 3.8) is 0 Å². The number of anilines is 2. The molecule has 0 fully saturated rings. The molecule has 0 radical (unpaired) electrons. The zero-order chi connectivity index (χ0) is 19.7. The molecule has 2 aromatic carbocycles. The summed E-state index contributed by atoms with van der Waals surface area (Å²) in [5.41, 5.74) is 3.12. The van der Waals surface area contributed by atoms with E-state index >= 15 is 0 Å². The van der Waals surface area contributed by atoms with E-state index in [-0.39, 0.29) is 23.9 Å². The van der Waals surface area contributed by atoms with Crippen LogP contribution in [0.15, 0.2) is 60.9 Å². The average molecular weight is 375 g/mol. The lowest BCUT2D eigenvalue weighted by Crippen LogP contribution is -2.46. The van der Waals surface area contributed by atoms with E-state index in [1.165, 1.54) is 11.9 Å². The van der Waals surface area contributed by atoms with E-state index in [4.69, 9.17) is 0 Å². The van der Waals surface area contributed by atoms with Crippen molar-refractivity contribution in [2.45, 2.75) is 38.8 Å². The van der Waals surface area contributed by atoms with E-state index < -0.39 is 0 Å². The van der Waals surface area contributed by atoms with E-state index in [0.717, 1.165) is 11.3 Å². The zero-order valence-electron chi connectivity index (χ0n) is 16.3. The molecular formula is C22H25N5O. The van der Waals surface area contributed by atoms with Gasteiger partial charge in [0.25, 0.3) is 0 Å². The molecule has 3 aromatic rings. The van der Waals surface area contributed by atoms with Crippen LogP contribution in [0.2, 0.25) is 0 Å². The summed E-state index contributed by atoms with van der Waals surface area (Å²) < 4.78 is 1.82. The summed E-state index contributed by atoms with van der Waals surface area (Å²) in [6.07, 6.45) is 1.53. The van der Waals surface area contributed by atoms with Gasteiger partial charge in [-0.3, -0.25) is 4.79 Å². The van der Waals surface area contributed by atoms with Gasteiger partial charge in [-0.25, -0.2) is 4.68 Å². The fourth-order valence-corrected chi connectivity index (χ4v) is 3.82. The first-order valence-corrected chi connectivity index (χ1v) is 9.66. The van der Waals surface area contributed by atoms with Crippen molar-refractivity contribution >= 4 is 17.5 Å². The van der Waals surface area contributed by atoms with Gasteiger partial charge < -0.3 is 10.6 Å². The normalized spacial score (nSPS) is 21.1. The second-order valence-corrected chi connectivity index (χ2v) is 7.61. The molecule has 2 heterocycles. The standard InChI is InChI=1S/C22H25N5O/c1-14(2)16-9-11-17(12-10-16)20-19(15(3)25-22-23-13-24-27(20)22)21(28)26-18-7-5-4-6-8-18/h4-15,19-20H,1-3H3,(H,26,28)(H,23,24,25)/t15-,19+,20+/m1/s1. The number of rotatable bonds is 4. The summed E-state index contributed by atoms with van der Waals surface area (Å²) in [6, 6.07) is 17.7. The highest BCUT2D eigenvalue weighted by molar-refractivity contribution is 5.94. The fourth-order valence-electron chi connectivity index (χ4n) is 3.82. The minimum Gasteiger partial charge on any atom is -0.351 e. The summed E-state index contributed by atoms with van der Waals surface area (Å²) in [6.45, 7) is 6.36. The van der Waals surface area contributed by atoms with Crippen LogP contribution in [0.1, 0.15) is 43.9 Å². The number of nitrogens with one attached hydrogen (secondary N) is 2. The molecule has 0 aliphatic carbocycles. The van der Waals surface area contributed by atoms with E-state index in [9.17, 15) is 4.79 Å². The number of benzene rings is 2. The minimum absolute atomic E-state index is 0.0368. The third-order valence-electron chi connectivity index (χ3n) is 5.36. The molecular weight excluding hydrogens is 350 g/mol. The van der Waals surface area contributed by atoms with Crippen molar-refractivity contribution in [1.29, 1.82) is 0 Å². The van der Waals surface area contributed by atoms with Gasteiger partial charge in [0.1, 0.15) is 6.33 Å². The Labute approximate surface area is 165 Å². The highest BCUT2D eigenvalue weighted by Crippen LogP contribution is 2.36. The van der Waals surface area contributed by atoms with Gasteiger partial charge in [-0.1, -0.05) is 56.3 Å². The Kier molecular flexibility index (Phi) is 4.86. The Hall–Kier alpha value is -3.15. The molecule has 6 heteroatoms. The second-order valence-electron chi connectivity index (χ2n) is 7.61. The zero-order valence-corrected chi connectivity index (χ0v) is 16.3. The molecule has 1 aliphatic heterocycles. The molecule has 1 aromatic heterocycles. The number of carbonyl (C=O) groups excluding carboxylic acids is 1. The SMILES string of the molecule is CC(C)c1ccc([C@H]2[C@@H](C(=O)Nc3ccccc3)[C@@H](C)Nc3ncnn32)cc1. The first-order valence-electron chi connectivity index (χ1n) is 9.66. The molecule has 28 heavy (non-hydrogen) atoms. The Morgan fingerprint density at radius 3 is 2.50 bits per heavy atom. The number of hydrogen-bond acceptors (Lipinski definition) is 4. The van der Waals surface area contributed by atoms with Crippen LogP contribution in [0.4, 0.5) is 11.6 Å². The lowest BCUT2D eigenvalue weighted by Gasteiger charge is -2.37. The van der Waals surface area contributed by atoms with Crippen LogP contribution in [0.3, 0.4) is 0 Å². The van der Waals surface area contributed by atoms with Crippen LogP contribution in [0.25, 0.3) is 0 Å². The van der Waals surface area contributed by atoms with E-state index in [0.29, 0.717) is 11.9 Å². The highest BCUT2D eigenvalue weighted by Gasteiger charge is 2.41. The van der Waals surface area contributed by atoms with E-state index in [1.807, 2.05) is 41.9 Å². The van der Waals surface area contributed by atoms with E-state index in [2.05, 4.69) is 58.8 Å². The summed E-state index contributed by atoms with van der Waals surface area (Å²) in [5.74, 6) is 0.777. The summed E-state index contributed by atoms with van der Waals surface area (Å²) in [7, 11) is 0. The van der Waals surface area contributed by atoms with Crippen LogP contribution < -0.4 is 10.6 Å². The lowest BCUT2D eigenvalue weighted by atomic mass is 9.84. The van der Waals surface area contributed by atoms with Gasteiger partial charge >= 0.3 is 0 Å². The summed E-state index contributed by atoms with van der Waals surface area (Å²) in [4.78, 5) is 17.6. The highest BCUT2D eigenvalue weighted by atomic mass is 16.2. The number of nitrogens with zero attached hydrogens (tertiary/aromatic N) is 3. The van der Waals surface area contributed by atoms with Crippen molar-refractivity contribution in [3.05, 3.63) is 72.1 Å². The largest absolute Gasteiger partial charge is 0.351 e. The molecule has 1 aliphatic rings. The molecule has 0 saturated heterocycles. The predicted molar refractivity (Wildman–Crippen MR) is 110 cm³/mol. The molecule has 0 spiro atoms. The number of amides is 1. The molecule has 1 amide bonds. The smallest absolute Gasteiger partial charge is 0.232 e. The fraction of sp³-hybridized carbons (Fsp3) is 0.318. The molecule has 0 unspecified atom stereocenters. The van der Waals surface area contributed by atoms with Gasteiger partial charge in [-0.05, 0) is 36.1 Å². The van der Waals surface area contributed by atoms with Gasteiger partial charge in [0.15, 0.2) is 0 Å². The number of carbonyl (C=O) groups is 1. The number of para-hydroxylation sites is 1. The summed E-state index contributed by atoms with van der Waals surface area (Å²) >= 11 is 0. The first-order chi connectivity index (χ1) is 13.5. The molecule has 6 nitrogen and oxygen atoms in total. The topological polar surface area (TPSA) is 71.8 Å². The van der Waals surface area contributed by atoms with Crippen molar-refractivity contribution in [2.24, 2.45) is 5.92 Å². The molecule has 0 bridgehead atoms. The minimum atomic E-state index is -0.334. The van der Waals surface area contributed by atoms with Crippen LogP contribution in [-0.2, 0) is 4.79 Å². The average Bonchev–Trinajstić information content (AvgIpc) is 3.15. The Morgan fingerprint density at radius 2 is 1.82 bits per heavy atom. The van der Waals surface area contributed by atoms with Crippen molar-refractivity contribution < 1.29 is 4.79 Å². The monoisotopic (exact) mass is 375 g/mol. The maximum Gasteiger partial charge on any atom is 0.232 e. The molecule has 144 valence electrons. The Bertz CT molecular complexity index is 949. The number of hydrogen-bond donors (Lipinski definition) is 2. The van der Waals surface area contributed by atoms with Crippen LogP contribution >= 0.6 is 0 Å². The third-order valence-corrected chi connectivity index (χ3v) is 5.36. The lowest BCUT2D eigenvalue weighted by molar-refractivity contribution is -0.121. The van der Waals surface area contributed by atoms with Crippen molar-refractivity contribution in [3.8, 4) is 0 Å². The third kappa shape index (κ3) is 3.38. The van der Waals surface area contributed by atoms with Crippen LogP contribution in [0, 0.1) is 5.92 Å². The van der Waals surface area contributed by atoms with Gasteiger partial charge in [0, 0.05) is 11.7 Å². The molecule has 3 atom stereocenters. The molecule has 4 rings (SSSR count). The summed E-state index contributed by atoms with van der Waals surface area (Å²) in [5, 5.41) is 10.8.